The summed E-state index contributed by atoms with van der Waals surface area (Å²) in [4.78, 5) is 48.1. The Labute approximate surface area is 204 Å². The molecule has 1 aromatic carbocycles. The number of hydrogen-bond acceptors (Lipinski definition) is 6. The Morgan fingerprint density at radius 3 is 2.23 bits per heavy atom. The molecule has 4 heterocycles. The lowest BCUT2D eigenvalue weighted by atomic mass is 9.89. The minimum Gasteiger partial charge on any atom is -0.481 e. The molecule has 2 amide bonds. The zero-order valence-corrected chi connectivity index (χ0v) is 19.6. The Morgan fingerprint density at radius 1 is 0.943 bits per heavy atom. The predicted octanol–water partition coefficient (Wildman–Crippen LogP) is 2.72. The van der Waals surface area contributed by atoms with Crippen molar-refractivity contribution in [3.8, 4) is 0 Å². The SMILES string of the molecule is O=C(O)C1CCN(C(=O)C2(c3ccccc3)CN(C3CCN(c4ccncc4)CC3)C(=O)O2)CC1. The molecular formula is C26H30N4O5. The number of ether oxygens (including phenoxy) is 1. The van der Waals surface area contributed by atoms with Crippen LogP contribution in [-0.2, 0) is 19.9 Å². The number of aromatic nitrogens is 1. The first-order valence-electron chi connectivity index (χ1n) is 12.2. The predicted molar refractivity (Wildman–Crippen MR) is 128 cm³/mol. The quantitative estimate of drug-likeness (QED) is 0.705. The normalized spacial score (nSPS) is 23.9. The van der Waals surface area contributed by atoms with Gasteiger partial charge in [0.25, 0.3) is 5.91 Å². The fourth-order valence-electron chi connectivity index (χ4n) is 5.49. The van der Waals surface area contributed by atoms with Gasteiger partial charge in [-0.3, -0.25) is 14.6 Å². The molecule has 3 fully saturated rings. The maximum Gasteiger partial charge on any atom is 0.411 e. The fraction of sp³-hybridized carbons (Fsp3) is 0.462. The highest BCUT2D eigenvalue weighted by Crippen LogP contribution is 2.39. The van der Waals surface area contributed by atoms with Crippen LogP contribution >= 0.6 is 0 Å². The molecule has 9 heteroatoms. The van der Waals surface area contributed by atoms with Crippen LogP contribution in [0.4, 0.5) is 10.5 Å². The van der Waals surface area contributed by atoms with E-state index < -0.39 is 23.6 Å². The van der Waals surface area contributed by atoms with E-state index in [1.165, 1.54) is 0 Å². The molecule has 1 unspecified atom stereocenters. The maximum absolute atomic E-state index is 13.9. The summed E-state index contributed by atoms with van der Waals surface area (Å²) < 4.78 is 5.96. The van der Waals surface area contributed by atoms with Gasteiger partial charge in [0.2, 0.25) is 5.60 Å². The van der Waals surface area contributed by atoms with Gasteiger partial charge in [-0.25, -0.2) is 4.79 Å². The highest BCUT2D eigenvalue weighted by Gasteiger charge is 2.56. The third kappa shape index (κ3) is 4.42. The topological polar surface area (TPSA) is 103 Å². The molecule has 5 rings (SSSR count). The largest absolute Gasteiger partial charge is 0.481 e. The number of carbonyl (C=O) groups excluding carboxylic acids is 2. The molecule has 184 valence electrons. The van der Waals surface area contributed by atoms with E-state index >= 15 is 0 Å². The van der Waals surface area contributed by atoms with E-state index in [1.54, 1.807) is 22.2 Å². The molecule has 0 aliphatic carbocycles. The number of carboxylic acids is 1. The summed E-state index contributed by atoms with van der Waals surface area (Å²) in [5.74, 6) is -1.54. The van der Waals surface area contributed by atoms with E-state index in [0.717, 1.165) is 31.6 Å². The Bertz CT molecular complexity index is 1070. The number of aliphatic carboxylic acids is 1. The Hall–Kier alpha value is -3.62. The van der Waals surface area contributed by atoms with Gasteiger partial charge in [0.05, 0.1) is 12.5 Å². The van der Waals surface area contributed by atoms with Crippen molar-refractivity contribution in [1.82, 2.24) is 14.8 Å². The van der Waals surface area contributed by atoms with Crippen LogP contribution in [0.3, 0.4) is 0 Å². The minimum absolute atomic E-state index is 0.0169. The molecule has 0 spiro atoms. The van der Waals surface area contributed by atoms with Crippen LogP contribution in [0.15, 0.2) is 54.9 Å². The smallest absolute Gasteiger partial charge is 0.411 e. The van der Waals surface area contributed by atoms with Crippen LogP contribution in [0.25, 0.3) is 0 Å². The third-order valence-corrected chi connectivity index (χ3v) is 7.54. The summed E-state index contributed by atoms with van der Waals surface area (Å²) in [6.45, 7) is 2.44. The van der Waals surface area contributed by atoms with Crippen molar-refractivity contribution in [1.29, 1.82) is 0 Å². The van der Waals surface area contributed by atoms with Crippen molar-refractivity contribution in [2.24, 2.45) is 5.92 Å². The molecule has 3 saturated heterocycles. The summed E-state index contributed by atoms with van der Waals surface area (Å²) in [6, 6.07) is 13.1. The Morgan fingerprint density at radius 2 is 1.60 bits per heavy atom. The molecule has 0 saturated carbocycles. The summed E-state index contributed by atoms with van der Waals surface area (Å²) in [5, 5.41) is 9.32. The number of nitrogens with zero attached hydrogens (tertiary/aromatic N) is 4. The Kier molecular flexibility index (Phi) is 6.32. The van der Waals surface area contributed by atoms with E-state index in [0.29, 0.717) is 31.5 Å². The van der Waals surface area contributed by atoms with Crippen molar-refractivity contribution in [2.45, 2.75) is 37.3 Å². The number of amides is 2. The molecule has 1 atom stereocenters. The van der Waals surface area contributed by atoms with Gasteiger partial charge in [0.15, 0.2) is 0 Å². The van der Waals surface area contributed by atoms with Gasteiger partial charge in [0, 0.05) is 55.9 Å². The van der Waals surface area contributed by atoms with Crippen LogP contribution < -0.4 is 4.90 Å². The van der Waals surface area contributed by atoms with E-state index in [9.17, 15) is 19.5 Å². The number of pyridine rings is 1. The molecule has 0 bridgehead atoms. The monoisotopic (exact) mass is 478 g/mol. The molecule has 3 aliphatic heterocycles. The van der Waals surface area contributed by atoms with E-state index in [4.69, 9.17) is 4.74 Å². The number of hydrogen-bond donors (Lipinski definition) is 1. The van der Waals surface area contributed by atoms with E-state index in [1.807, 2.05) is 42.5 Å². The second kappa shape index (κ2) is 9.56. The number of anilines is 1. The number of benzene rings is 1. The van der Waals surface area contributed by atoms with Crippen molar-refractivity contribution in [3.63, 3.8) is 0 Å². The van der Waals surface area contributed by atoms with Crippen LogP contribution in [-0.4, -0.2) is 76.6 Å². The zero-order chi connectivity index (χ0) is 24.4. The van der Waals surface area contributed by atoms with Crippen LogP contribution in [0.2, 0.25) is 0 Å². The zero-order valence-electron chi connectivity index (χ0n) is 19.6. The number of piperidine rings is 2. The molecule has 2 aromatic rings. The van der Waals surface area contributed by atoms with Crippen molar-refractivity contribution in [3.05, 3.63) is 60.4 Å². The van der Waals surface area contributed by atoms with Crippen LogP contribution in [0.1, 0.15) is 31.2 Å². The van der Waals surface area contributed by atoms with Gasteiger partial charge < -0.3 is 24.5 Å². The summed E-state index contributed by atoms with van der Waals surface area (Å²) in [7, 11) is 0. The highest BCUT2D eigenvalue weighted by molar-refractivity contribution is 5.92. The number of cyclic esters (lactones) is 1. The molecular weight excluding hydrogens is 448 g/mol. The number of carboxylic acid groups (broad SMARTS) is 1. The molecule has 0 radical (unpaired) electrons. The average molecular weight is 479 g/mol. The minimum atomic E-state index is -1.42. The number of likely N-dealkylation sites (tertiary alicyclic amines) is 1. The first kappa shape index (κ1) is 23.1. The summed E-state index contributed by atoms with van der Waals surface area (Å²) >= 11 is 0. The van der Waals surface area contributed by atoms with Gasteiger partial charge in [-0.05, 0) is 37.8 Å². The maximum atomic E-state index is 13.9. The van der Waals surface area contributed by atoms with Crippen molar-refractivity contribution in [2.75, 3.05) is 37.6 Å². The van der Waals surface area contributed by atoms with Gasteiger partial charge in [-0.1, -0.05) is 30.3 Å². The second-order valence-corrected chi connectivity index (χ2v) is 9.52. The lowest BCUT2D eigenvalue weighted by Gasteiger charge is -2.38. The van der Waals surface area contributed by atoms with Gasteiger partial charge in [0.1, 0.15) is 0 Å². The highest BCUT2D eigenvalue weighted by atomic mass is 16.6. The van der Waals surface area contributed by atoms with Gasteiger partial charge >= 0.3 is 12.1 Å². The van der Waals surface area contributed by atoms with Gasteiger partial charge in [-0.15, -0.1) is 0 Å². The fourth-order valence-corrected chi connectivity index (χ4v) is 5.49. The van der Waals surface area contributed by atoms with Gasteiger partial charge in [-0.2, -0.15) is 0 Å². The van der Waals surface area contributed by atoms with E-state index in [2.05, 4.69) is 9.88 Å². The van der Waals surface area contributed by atoms with Crippen LogP contribution in [0.5, 0.6) is 0 Å². The third-order valence-electron chi connectivity index (χ3n) is 7.54. The Balaban J connectivity index is 1.34. The molecule has 9 nitrogen and oxygen atoms in total. The lowest BCUT2D eigenvalue weighted by Crippen LogP contribution is -2.53. The summed E-state index contributed by atoms with van der Waals surface area (Å²) in [5.41, 5.74) is 0.341. The number of rotatable bonds is 5. The lowest BCUT2D eigenvalue weighted by molar-refractivity contribution is -0.153. The molecule has 1 N–H and O–H groups in total. The first-order chi connectivity index (χ1) is 17.0. The summed E-state index contributed by atoms with van der Waals surface area (Å²) in [6.07, 6.45) is 5.44. The van der Waals surface area contributed by atoms with Crippen molar-refractivity contribution < 1.29 is 24.2 Å². The van der Waals surface area contributed by atoms with Crippen molar-refractivity contribution >= 4 is 23.7 Å². The second-order valence-electron chi connectivity index (χ2n) is 9.52. The standard InChI is InChI=1S/C26H30N4O5/c31-23(32)19-8-14-29(15-9-19)24(33)26(20-4-2-1-3-5-20)18-30(25(34)35-26)22-10-16-28(17-11-22)21-6-12-27-13-7-21/h1-7,12-13,19,22H,8-11,14-18H2,(H,31,32). The van der Waals surface area contributed by atoms with E-state index in [-0.39, 0.29) is 18.5 Å². The number of carbonyl (C=O) groups is 3. The molecule has 3 aliphatic rings. The first-order valence-corrected chi connectivity index (χ1v) is 12.2. The molecule has 1 aromatic heterocycles. The average Bonchev–Trinajstić information content (AvgIpc) is 3.27. The van der Waals surface area contributed by atoms with Crippen LogP contribution in [0, 0.1) is 5.92 Å². The molecule has 35 heavy (non-hydrogen) atoms.